The van der Waals surface area contributed by atoms with Crippen LogP contribution in [0.2, 0.25) is 0 Å². The number of benzene rings is 2. The van der Waals surface area contributed by atoms with E-state index in [1.807, 2.05) is 0 Å². The molecule has 1 saturated heterocycles. The van der Waals surface area contributed by atoms with Gasteiger partial charge < -0.3 is 27.0 Å². The van der Waals surface area contributed by atoms with Gasteiger partial charge in [-0.2, -0.15) is 0 Å². The van der Waals surface area contributed by atoms with E-state index >= 15 is 0 Å². The van der Waals surface area contributed by atoms with Gasteiger partial charge in [0, 0.05) is 36.2 Å². The molecule has 4 rings (SSSR count). The zero-order valence-corrected chi connectivity index (χ0v) is 18.2. The van der Waals surface area contributed by atoms with Gasteiger partial charge in [-0.15, -0.1) is 0 Å². The number of carbonyl (C=O) groups excluding carboxylic acids is 2. The number of rotatable bonds is 8. The minimum absolute atomic E-state index is 0.0594. The van der Waals surface area contributed by atoms with Crippen LogP contribution < -0.4 is 27.0 Å². The van der Waals surface area contributed by atoms with Crippen LogP contribution in [0, 0.1) is 11.6 Å². The molecule has 8 nitrogen and oxygen atoms in total. The van der Waals surface area contributed by atoms with Gasteiger partial charge in [0.2, 0.25) is 5.91 Å². The van der Waals surface area contributed by atoms with Crippen molar-refractivity contribution < 1.29 is 18.4 Å². The van der Waals surface area contributed by atoms with E-state index in [2.05, 4.69) is 26.3 Å². The van der Waals surface area contributed by atoms with E-state index in [9.17, 15) is 18.4 Å². The molecule has 0 bridgehead atoms. The van der Waals surface area contributed by atoms with E-state index < -0.39 is 17.5 Å². The Kier molecular flexibility index (Phi) is 6.98. The van der Waals surface area contributed by atoms with Gasteiger partial charge in [-0.3, -0.25) is 9.59 Å². The largest absolute Gasteiger partial charge is 0.380 e. The van der Waals surface area contributed by atoms with E-state index in [1.165, 1.54) is 18.3 Å². The lowest BCUT2D eigenvalue weighted by molar-refractivity contribution is -0.117. The number of nitrogens with zero attached hydrogens (tertiary/aromatic N) is 1. The molecule has 3 aromatic rings. The molecule has 0 saturated carbocycles. The van der Waals surface area contributed by atoms with Crippen molar-refractivity contribution in [3.05, 3.63) is 77.5 Å². The Hall–Kier alpha value is -4.05. The highest BCUT2D eigenvalue weighted by Gasteiger charge is 2.21. The Morgan fingerprint density at radius 1 is 1.06 bits per heavy atom. The summed E-state index contributed by atoms with van der Waals surface area (Å²) in [6, 6.07) is 11.7. The topological polar surface area (TPSA) is 121 Å². The van der Waals surface area contributed by atoms with E-state index in [4.69, 9.17) is 5.73 Å². The zero-order chi connectivity index (χ0) is 24.1. The van der Waals surface area contributed by atoms with Gasteiger partial charge in [-0.05, 0) is 61.3 Å². The summed E-state index contributed by atoms with van der Waals surface area (Å²) in [5, 5.41) is 12.1. The highest BCUT2D eigenvalue weighted by molar-refractivity contribution is 5.98. The molecule has 0 unspecified atom stereocenters. The molecule has 1 fully saturated rings. The summed E-state index contributed by atoms with van der Waals surface area (Å²) < 4.78 is 26.9. The first-order valence-corrected chi connectivity index (χ1v) is 10.8. The fraction of sp³-hybridized carbons (Fsp3) is 0.208. The van der Waals surface area contributed by atoms with E-state index in [0.29, 0.717) is 28.4 Å². The van der Waals surface area contributed by atoms with Crippen LogP contribution in [0.3, 0.4) is 0 Å². The van der Waals surface area contributed by atoms with Crippen LogP contribution in [-0.2, 0) is 11.3 Å². The number of hydrogen-bond acceptors (Lipinski definition) is 6. The highest BCUT2D eigenvalue weighted by atomic mass is 19.1. The SMILES string of the molecule is NC(=O)c1cnc(Nc2ccc(NC(=O)[C@@H]3CCCN3)cc2)cc1NCc1cc(F)cc(F)c1. The number of halogens is 2. The molecule has 0 spiro atoms. The van der Waals surface area contributed by atoms with Crippen molar-refractivity contribution >= 4 is 34.7 Å². The molecule has 2 amide bonds. The second kappa shape index (κ2) is 10.3. The number of amides is 2. The summed E-state index contributed by atoms with van der Waals surface area (Å²) in [6.07, 6.45) is 3.13. The monoisotopic (exact) mass is 466 g/mol. The van der Waals surface area contributed by atoms with Crippen LogP contribution in [0.25, 0.3) is 0 Å². The number of aromatic nitrogens is 1. The summed E-state index contributed by atoms with van der Waals surface area (Å²) in [5.74, 6) is -1.71. The quantitative estimate of drug-likeness (QED) is 0.347. The first-order valence-electron chi connectivity index (χ1n) is 10.8. The van der Waals surface area contributed by atoms with Crippen molar-refractivity contribution in [1.82, 2.24) is 10.3 Å². The third-order valence-electron chi connectivity index (χ3n) is 5.38. The minimum atomic E-state index is -0.692. The van der Waals surface area contributed by atoms with Gasteiger partial charge in [0.05, 0.1) is 17.3 Å². The summed E-state index contributed by atoms with van der Waals surface area (Å²) in [4.78, 5) is 28.2. The lowest BCUT2D eigenvalue weighted by Gasteiger charge is -2.14. The Balaban J connectivity index is 1.44. The fourth-order valence-electron chi connectivity index (χ4n) is 3.70. The predicted octanol–water partition coefficient (Wildman–Crippen LogP) is 3.50. The van der Waals surface area contributed by atoms with Crippen LogP contribution in [0.4, 0.5) is 31.7 Å². The number of primary amides is 1. The predicted molar refractivity (Wildman–Crippen MR) is 126 cm³/mol. The van der Waals surface area contributed by atoms with Crippen molar-refractivity contribution in [2.45, 2.75) is 25.4 Å². The molecule has 10 heteroatoms. The molecule has 34 heavy (non-hydrogen) atoms. The van der Waals surface area contributed by atoms with Crippen LogP contribution in [0.1, 0.15) is 28.8 Å². The summed E-state index contributed by atoms with van der Waals surface area (Å²) in [5.41, 5.74) is 7.68. The third kappa shape index (κ3) is 5.84. The number of nitrogens with two attached hydrogens (primary N) is 1. The summed E-state index contributed by atoms with van der Waals surface area (Å²) in [7, 11) is 0. The van der Waals surface area contributed by atoms with Gasteiger partial charge in [0.15, 0.2) is 0 Å². The molecule has 2 aromatic carbocycles. The maximum Gasteiger partial charge on any atom is 0.252 e. The number of carbonyl (C=O) groups is 2. The third-order valence-corrected chi connectivity index (χ3v) is 5.38. The van der Waals surface area contributed by atoms with Crippen molar-refractivity contribution in [2.24, 2.45) is 5.73 Å². The van der Waals surface area contributed by atoms with Crippen molar-refractivity contribution in [1.29, 1.82) is 0 Å². The average molecular weight is 466 g/mol. The van der Waals surface area contributed by atoms with Crippen LogP contribution in [0.5, 0.6) is 0 Å². The highest BCUT2D eigenvalue weighted by Crippen LogP contribution is 2.23. The Morgan fingerprint density at radius 2 is 1.76 bits per heavy atom. The van der Waals surface area contributed by atoms with E-state index in [0.717, 1.165) is 25.5 Å². The molecule has 0 aliphatic carbocycles. The molecule has 176 valence electrons. The first kappa shape index (κ1) is 23.1. The van der Waals surface area contributed by atoms with E-state index in [1.54, 1.807) is 30.3 Å². The number of pyridine rings is 1. The lowest BCUT2D eigenvalue weighted by Crippen LogP contribution is -2.35. The van der Waals surface area contributed by atoms with Gasteiger partial charge in [0.1, 0.15) is 17.5 Å². The molecule has 6 N–H and O–H groups in total. The maximum atomic E-state index is 13.5. The smallest absolute Gasteiger partial charge is 0.252 e. The Labute approximate surface area is 195 Å². The van der Waals surface area contributed by atoms with Gasteiger partial charge in [0.25, 0.3) is 5.91 Å². The van der Waals surface area contributed by atoms with Crippen LogP contribution >= 0.6 is 0 Å². The van der Waals surface area contributed by atoms with E-state index in [-0.39, 0.29) is 24.1 Å². The van der Waals surface area contributed by atoms with Gasteiger partial charge >= 0.3 is 0 Å². The first-order chi connectivity index (χ1) is 16.4. The number of hydrogen-bond donors (Lipinski definition) is 5. The van der Waals surface area contributed by atoms with Gasteiger partial charge in [-0.25, -0.2) is 13.8 Å². The molecule has 0 radical (unpaired) electrons. The maximum absolute atomic E-state index is 13.5. The summed E-state index contributed by atoms with van der Waals surface area (Å²) in [6.45, 7) is 0.918. The number of nitrogens with one attached hydrogen (secondary N) is 4. The lowest BCUT2D eigenvalue weighted by atomic mass is 10.1. The molecular weight excluding hydrogens is 442 g/mol. The second-order valence-corrected chi connectivity index (χ2v) is 7.95. The average Bonchev–Trinajstić information content (AvgIpc) is 3.34. The summed E-state index contributed by atoms with van der Waals surface area (Å²) >= 11 is 0. The van der Waals surface area contributed by atoms with Crippen molar-refractivity contribution in [3.63, 3.8) is 0 Å². The number of anilines is 4. The molecule has 1 aliphatic heterocycles. The standard InChI is InChI=1S/C24H24F2N6O2/c25-15-8-14(9-16(26)10-15)12-29-21-11-22(30-13-19(21)23(27)33)31-17-3-5-18(6-4-17)32-24(34)20-2-1-7-28-20/h3-6,8-11,13,20,28H,1-2,7,12H2,(H2,27,33)(H,32,34)(H2,29,30,31)/t20-/m0/s1. The Morgan fingerprint density at radius 3 is 2.41 bits per heavy atom. The minimum Gasteiger partial charge on any atom is -0.380 e. The van der Waals surface area contributed by atoms with Crippen molar-refractivity contribution in [2.75, 3.05) is 22.5 Å². The Bertz CT molecular complexity index is 1180. The molecular formula is C24H24F2N6O2. The van der Waals surface area contributed by atoms with Crippen LogP contribution in [0.15, 0.2) is 54.7 Å². The molecule has 2 heterocycles. The molecule has 1 atom stereocenters. The second-order valence-electron chi connectivity index (χ2n) is 7.95. The zero-order valence-electron chi connectivity index (χ0n) is 18.2. The fourth-order valence-corrected chi connectivity index (χ4v) is 3.70. The van der Waals surface area contributed by atoms with Crippen LogP contribution in [-0.4, -0.2) is 29.4 Å². The molecule has 1 aromatic heterocycles. The van der Waals surface area contributed by atoms with Gasteiger partial charge in [-0.1, -0.05) is 0 Å². The molecule has 1 aliphatic rings. The van der Waals surface area contributed by atoms with Crippen molar-refractivity contribution in [3.8, 4) is 0 Å². The normalized spacial score (nSPS) is 15.1.